The third-order valence-corrected chi connectivity index (χ3v) is 6.68. The quantitative estimate of drug-likeness (QED) is 0.361. The molecule has 11 heteroatoms. The van der Waals surface area contributed by atoms with Crippen molar-refractivity contribution in [2.75, 3.05) is 5.75 Å². The summed E-state index contributed by atoms with van der Waals surface area (Å²) < 4.78 is 37.9. The SMILES string of the molecule is NS(=O)(=O)c1ccc(CNC(=O)CSc2nnc(-c3ccccc3)n2-c2ccc(F)cc2)cc1. The van der Waals surface area contributed by atoms with Crippen LogP contribution in [0.3, 0.4) is 0 Å². The highest BCUT2D eigenvalue weighted by atomic mass is 32.2. The van der Waals surface area contributed by atoms with Gasteiger partial charge < -0.3 is 5.32 Å². The van der Waals surface area contributed by atoms with Crippen molar-refractivity contribution < 1.29 is 17.6 Å². The molecule has 0 saturated carbocycles. The first-order chi connectivity index (χ1) is 16.3. The Morgan fingerprint density at radius 2 is 1.65 bits per heavy atom. The van der Waals surface area contributed by atoms with E-state index >= 15 is 0 Å². The smallest absolute Gasteiger partial charge is 0.238 e. The van der Waals surface area contributed by atoms with Crippen molar-refractivity contribution >= 4 is 27.7 Å². The topological polar surface area (TPSA) is 120 Å². The zero-order chi connectivity index (χ0) is 24.1. The number of aromatic nitrogens is 3. The summed E-state index contributed by atoms with van der Waals surface area (Å²) in [6, 6.07) is 21.4. The molecule has 4 rings (SSSR count). The molecule has 0 aliphatic carbocycles. The Morgan fingerprint density at radius 1 is 0.971 bits per heavy atom. The average Bonchev–Trinajstić information content (AvgIpc) is 3.26. The van der Waals surface area contributed by atoms with Crippen LogP contribution in [-0.4, -0.2) is 34.8 Å². The molecule has 3 N–H and O–H groups in total. The minimum atomic E-state index is -3.76. The van der Waals surface area contributed by atoms with Crippen LogP contribution in [0.2, 0.25) is 0 Å². The second kappa shape index (κ2) is 10.2. The highest BCUT2D eigenvalue weighted by Crippen LogP contribution is 2.28. The summed E-state index contributed by atoms with van der Waals surface area (Å²) in [7, 11) is -3.76. The third kappa shape index (κ3) is 5.68. The predicted octanol–water partition coefficient (Wildman–Crippen LogP) is 3.13. The maximum absolute atomic E-state index is 13.5. The van der Waals surface area contributed by atoms with Crippen molar-refractivity contribution in [2.45, 2.75) is 16.6 Å². The molecule has 0 fully saturated rings. The van der Waals surface area contributed by atoms with Gasteiger partial charge in [-0.05, 0) is 42.0 Å². The van der Waals surface area contributed by atoms with Crippen molar-refractivity contribution in [1.29, 1.82) is 0 Å². The number of nitrogens with one attached hydrogen (secondary N) is 1. The molecule has 0 spiro atoms. The van der Waals surface area contributed by atoms with Crippen molar-refractivity contribution in [1.82, 2.24) is 20.1 Å². The molecule has 0 unspecified atom stereocenters. The summed E-state index contributed by atoms with van der Waals surface area (Å²) in [6.45, 7) is 0.226. The Labute approximate surface area is 200 Å². The number of halogens is 1. The monoisotopic (exact) mass is 497 g/mol. The number of thioether (sulfide) groups is 1. The molecule has 8 nitrogen and oxygen atoms in total. The van der Waals surface area contributed by atoms with Gasteiger partial charge in [-0.25, -0.2) is 17.9 Å². The van der Waals surface area contributed by atoms with Gasteiger partial charge in [0.05, 0.1) is 10.6 Å². The zero-order valence-electron chi connectivity index (χ0n) is 17.8. The van der Waals surface area contributed by atoms with Gasteiger partial charge in [0.15, 0.2) is 11.0 Å². The molecule has 174 valence electrons. The predicted molar refractivity (Wildman–Crippen MR) is 127 cm³/mol. The van der Waals surface area contributed by atoms with Crippen LogP contribution in [0.15, 0.2) is 88.9 Å². The number of nitrogens with zero attached hydrogens (tertiary/aromatic N) is 3. The van der Waals surface area contributed by atoms with E-state index < -0.39 is 10.0 Å². The van der Waals surface area contributed by atoms with Crippen LogP contribution in [0, 0.1) is 5.82 Å². The third-order valence-electron chi connectivity index (χ3n) is 4.82. The number of nitrogens with two attached hydrogens (primary N) is 1. The molecule has 0 radical (unpaired) electrons. The Morgan fingerprint density at radius 3 is 2.29 bits per heavy atom. The van der Waals surface area contributed by atoms with Gasteiger partial charge in [-0.1, -0.05) is 54.2 Å². The number of carbonyl (C=O) groups is 1. The van der Waals surface area contributed by atoms with E-state index in [1.54, 1.807) is 28.8 Å². The standard InChI is InChI=1S/C23H20FN5O3S2/c24-18-8-10-19(11-9-18)29-22(17-4-2-1-3-5-17)27-28-23(29)33-15-21(30)26-14-16-6-12-20(13-7-16)34(25,31)32/h1-13H,14-15H2,(H,26,30)(H2,25,31,32). The average molecular weight is 498 g/mol. The minimum Gasteiger partial charge on any atom is -0.351 e. The molecular weight excluding hydrogens is 477 g/mol. The summed E-state index contributed by atoms with van der Waals surface area (Å²) in [5, 5.41) is 16.9. The van der Waals surface area contributed by atoms with Crippen molar-refractivity contribution in [3.05, 3.63) is 90.2 Å². The van der Waals surface area contributed by atoms with Crippen molar-refractivity contribution in [3.63, 3.8) is 0 Å². The minimum absolute atomic E-state index is 0.00693. The summed E-state index contributed by atoms with van der Waals surface area (Å²) in [6.07, 6.45) is 0. The van der Waals surface area contributed by atoms with Crippen LogP contribution in [0.5, 0.6) is 0 Å². The fourth-order valence-corrected chi connectivity index (χ4v) is 4.44. The Kier molecular flexibility index (Phi) is 7.06. The van der Waals surface area contributed by atoms with Gasteiger partial charge in [0, 0.05) is 17.8 Å². The molecular formula is C23H20FN5O3S2. The van der Waals surface area contributed by atoms with E-state index in [0.29, 0.717) is 16.7 Å². The number of hydrogen-bond donors (Lipinski definition) is 2. The highest BCUT2D eigenvalue weighted by Gasteiger charge is 2.17. The lowest BCUT2D eigenvalue weighted by Crippen LogP contribution is -2.24. The molecule has 0 atom stereocenters. The Hall–Kier alpha value is -3.54. The van der Waals surface area contributed by atoms with E-state index in [-0.39, 0.29) is 28.9 Å². The van der Waals surface area contributed by atoms with Crippen molar-refractivity contribution in [2.24, 2.45) is 5.14 Å². The largest absolute Gasteiger partial charge is 0.351 e. The first-order valence-electron chi connectivity index (χ1n) is 10.1. The van der Waals surface area contributed by atoms with E-state index in [9.17, 15) is 17.6 Å². The first kappa shape index (κ1) is 23.6. The van der Waals surface area contributed by atoms with Gasteiger partial charge in [-0.15, -0.1) is 10.2 Å². The summed E-state index contributed by atoms with van der Waals surface area (Å²) in [5.41, 5.74) is 2.23. The van der Waals surface area contributed by atoms with Gasteiger partial charge >= 0.3 is 0 Å². The second-order valence-corrected chi connectivity index (χ2v) is 9.74. The van der Waals surface area contributed by atoms with Crippen LogP contribution < -0.4 is 10.5 Å². The lowest BCUT2D eigenvalue weighted by atomic mass is 10.2. The fraction of sp³-hybridized carbons (Fsp3) is 0.0870. The van der Waals surface area contributed by atoms with Gasteiger partial charge in [0.2, 0.25) is 15.9 Å². The number of carbonyl (C=O) groups excluding carboxylic acids is 1. The number of hydrogen-bond acceptors (Lipinski definition) is 6. The normalized spacial score (nSPS) is 11.4. The maximum atomic E-state index is 13.5. The molecule has 1 aromatic heterocycles. The second-order valence-electron chi connectivity index (χ2n) is 7.24. The van der Waals surface area contributed by atoms with E-state index in [0.717, 1.165) is 11.1 Å². The summed E-state index contributed by atoms with van der Waals surface area (Å²) in [5.74, 6) is 0.0490. The lowest BCUT2D eigenvalue weighted by molar-refractivity contribution is -0.118. The first-order valence-corrected chi connectivity index (χ1v) is 12.6. The molecule has 4 aromatic rings. The van der Waals surface area contributed by atoms with Crippen molar-refractivity contribution in [3.8, 4) is 17.1 Å². The van der Waals surface area contributed by atoms with Crippen LogP contribution in [-0.2, 0) is 21.4 Å². The van der Waals surface area contributed by atoms with Gasteiger partial charge in [0.25, 0.3) is 0 Å². The van der Waals surface area contributed by atoms with Crippen LogP contribution in [0.25, 0.3) is 17.1 Å². The van der Waals surface area contributed by atoms with E-state index in [1.807, 2.05) is 30.3 Å². The fourth-order valence-electron chi connectivity index (χ4n) is 3.14. The van der Waals surface area contributed by atoms with Gasteiger partial charge in [-0.2, -0.15) is 0 Å². The highest BCUT2D eigenvalue weighted by molar-refractivity contribution is 7.99. The van der Waals surface area contributed by atoms with Gasteiger partial charge in [0.1, 0.15) is 5.82 Å². The Bertz CT molecular complexity index is 1390. The maximum Gasteiger partial charge on any atom is 0.238 e. The molecule has 0 saturated heterocycles. The summed E-state index contributed by atoms with van der Waals surface area (Å²) in [4.78, 5) is 12.4. The number of rotatable bonds is 8. The van der Waals surface area contributed by atoms with Crippen LogP contribution in [0.4, 0.5) is 4.39 Å². The van der Waals surface area contributed by atoms with E-state index in [1.165, 1.54) is 36.0 Å². The molecule has 3 aromatic carbocycles. The lowest BCUT2D eigenvalue weighted by Gasteiger charge is -2.11. The number of sulfonamides is 1. The Balaban J connectivity index is 1.47. The number of benzene rings is 3. The number of primary sulfonamides is 1. The van der Waals surface area contributed by atoms with E-state index in [4.69, 9.17) is 5.14 Å². The molecule has 0 aliphatic rings. The molecule has 0 aliphatic heterocycles. The van der Waals surface area contributed by atoms with E-state index in [2.05, 4.69) is 15.5 Å². The molecule has 1 heterocycles. The molecule has 1 amide bonds. The number of amides is 1. The molecule has 0 bridgehead atoms. The van der Waals surface area contributed by atoms with Crippen LogP contribution >= 0.6 is 11.8 Å². The van der Waals surface area contributed by atoms with Crippen LogP contribution in [0.1, 0.15) is 5.56 Å². The zero-order valence-corrected chi connectivity index (χ0v) is 19.4. The molecule has 34 heavy (non-hydrogen) atoms. The van der Waals surface area contributed by atoms with Gasteiger partial charge in [-0.3, -0.25) is 9.36 Å². The summed E-state index contributed by atoms with van der Waals surface area (Å²) >= 11 is 1.20.